The first-order valence-corrected chi connectivity index (χ1v) is 10.0. The van der Waals surface area contributed by atoms with E-state index in [1.54, 1.807) is 36.4 Å². The normalized spacial score (nSPS) is 19.6. The van der Waals surface area contributed by atoms with Crippen molar-refractivity contribution in [1.82, 2.24) is 0 Å². The number of phenols is 1. The van der Waals surface area contributed by atoms with E-state index >= 15 is 0 Å². The number of aliphatic hydroxyl groups is 3. The van der Waals surface area contributed by atoms with Gasteiger partial charge >= 0.3 is 11.9 Å². The van der Waals surface area contributed by atoms with Crippen LogP contribution in [0.15, 0.2) is 54.3 Å². The van der Waals surface area contributed by atoms with Crippen LogP contribution in [0.25, 0.3) is 5.57 Å². The third-order valence-corrected chi connectivity index (χ3v) is 5.50. The fourth-order valence-corrected chi connectivity index (χ4v) is 3.69. The molecule has 2 atom stereocenters. The summed E-state index contributed by atoms with van der Waals surface area (Å²) in [7, 11) is 1.15. The second kappa shape index (κ2) is 8.64. The molecule has 1 heterocycles. The highest BCUT2D eigenvalue weighted by Gasteiger charge is 2.55. The monoisotopic (exact) mass is 442 g/mol. The Morgan fingerprint density at radius 2 is 1.81 bits per heavy atom. The average molecular weight is 442 g/mol. The first-order chi connectivity index (χ1) is 15.0. The summed E-state index contributed by atoms with van der Waals surface area (Å²) in [5, 5.41) is 40.9. The third kappa shape index (κ3) is 4.32. The van der Waals surface area contributed by atoms with Gasteiger partial charge in [0.1, 0.15) is 5.75 Å². The number of aromatic hydroxyl groups is 1. The topological polar surface area (TPSA) is 134 Å². The number of hydrogen-bond acceptors (Lipinski definition) is 8. The number of methoxy groups -OCH3 is 1. The Bertz CT molecular complexity index is 1050. The molecular weight excluding hydrogens is 416 g/mol. The lowest BCUT2D eigenvalue weighted by atomic mass is 9.82. The van der Waals surface area contributed by atoms with Crippen LogP contribution in [0.4, 0.5) is 0 Å². The highest BCUT2D eigenvalue weighted by Crippen LogP contribution is 2.42. The number of hydrogen-bond donors (Lipinski definition) is 4. The van der Waals surface area contributed by atoms with Crippen LogP contribution >= 0.6 is 0 Å². The van der Waals surface area contributed by atoms with Crippen molar-refractivity contribution in [1.29, 1.82) is 0 Å². The number of phenolic OH excluding ortho intramolecular Hbond substituents is 1. The molecular formula is C24H26O8. The molecule has 0 bridgehead atoms. The summed E-state index contributed by atoms with van der Waals surface area (Å²) >= 11 is 0. The van der Waals surface area contributed by atoms with Gasteiger partial charge in [-0.05, 0) is 36.6 Å². The van der Waals surface area contributed by atoms with Crippen molar-refractivity contribution in [3.05, 3.63) is 71.0 Å². The van der Waals surface area contributed by atoms with Crippen molar-refractivity contribution in [2.75, 3.05) is 7.11 Å². The molecule has 0 amide bonds. The van der Waals surface area contributed by atoms with E-state index in [0.717, 1.165) is 7.11 Å². The average Bonchev–Trinajstić information content (AvgIpc) is 3.00. The van der Waals surface area contributed by atoms with Gasteiger partial charge in [0.25, 0.3) is 0 Å². The molecule has 0 fully saturated rings. The Balaban J connectivity index is 2.07. The maximum atomic E-state index is 12.9. The van der Waals surface area contributed by atoms with E-state index in [0.29, 0.717) is 16.7 Å². The number of carbonyl (C=O) groups excluding carboxylic acids is 2. The highest BCUT2D eigenvalue weighted by molar-refractivity contribution is 6.11. The van der Waals surface area contributed by atoms with Crippen LogP contribution in [0.3, 0.4) is 0 Å². The van der Waals surface area contributed by atoms with Gasteiger partial charge in [-0.3, -0.25) is 0 Å². The highest BCUT2D eigenvalue weighted by atomic mass is 16.6. The number of esters is 2. The van der Waals surface area contributed by atoms with E-state index in [1.165, 1.54) is 26.0 Å². The Kier molecular flexibility index (Phi) is 6.29. The van der Waals surface area contributed by atoms with Crippen molar-refractivity contribution in [3.63, 3.8) is 0 Å². The van der Waals surface area contributed by atoms with Crippen LogP contribution in [0.2, 0.25) is 0 Å². The molecule has 1 aliphatic heterocycles. The van der Waals surface area contributed by atoms with E-state index in [4.69, 9.17) is 9.47 Å². The fourth-order valence-electron chi connectivity index (χ4n) is 3.69. The van der Waals surface area contributed by atoms with Gasteiger partial charge in [-0.25, -0.2) is 9.59 Å². The van der Waals surface area contributed by atoms with Gasteiger partial charge in [-0.15, -0.1) is 0 Å². The van der Waals surface area contributed by atoms with Crippen molar-refractivity contribution < 1.29 is 39.5 Å². The maximum Gasteiger partial charge on any atom is 0.375 e. The van der Waals surface area contributed by atoms with Crippen LogP contribution in [-0.2, 0) is 31.9 Å². The molecule has 0 radical (unpaired) electrons. The van der Waals surface area contributed by atoms with Crippen molar-refractivity contribution in [2.24, 2.45) is 0 Å². The molecule has 2 aromatic rings. The Morgan fingerprint density at radius 1 is 1.16 bits per heavy atom. The van der Waals surface area contributed by atoms with Gasteiger partial charge in [-0.1, -0.05) is 42.5 Å². The van der Waals surface area contributed by atoms with Crippen LogP contribution in [0, 0.1) is 0 Å². The molecule has 1 aliphatic rings. The molecule has 0 spiro atoms. The molecule has 32 heavy (non-hydrogen) atoms. The predicted octanol–water partition coefficient (Wildman–Crippen LogP) is 2.05. The number of aliphatic hydroxyl groups excluding tert-OH is 2. The van der Waals surface area contributed by atoms with E-state index in [-0.39, 0.29) is 24.2 Å². The van der Waals surface area contributed by atoms with Gasteiger partial charge in [0.05, 0.1) is 24.4 Å². The summed E-state index contributed by atoms with van der Waals surface area (Å²) in [4.78, 5) is 25.2. The lowest BCUT2D eigenvalue weighted by Gasteiger charge is -2.28. The second-order valence-corrected chi connectivity index (χ2v) is 8.31. The summed E-state index contributed by atoms with van der Waals surface area (Å²) in [5.74, 6) is -2.71. The van der Waals surface area contributed by atoms with E-state index in [9.17, 15) is 30.0 Å². The maximum absolute atomic E-state index is 12.9. The molecule has 0 unspecified atom stereocenters. The lowest BCUT2D eigenvalue weighted by molar-refractivity contribution is -0.169. The minimum Gasteiger partial charge on any atom is -0.508 e. The number of rotatable bonds is 7. The second-order valence-electron chi connectivity index (χ2n) is 8.31. The number of carbonyl (C=O) groups is 2. The molecule has 0 aliphatic carbocycles. The first kappa shape index (κ1) is 23.3. The SMILES string of the molecule is COC(=O)[C@]1(Cc2ccc(O)c(C[C@@H](O)C(C)(C)O)c2)OC(=O)C(O)=C1c1ccccc1. The zero-order valence-electron chi connectivity index (χ0n) is 18.0. The van der Waals surface area contributed by atoms with Gasteiger partial charge in [0.15, 0.2) is 0 Å². The van der Waals surface area contributed by atoms with Gasteiger partial charge in [-0.2, -0.15) is 0 Å². The molecule has 2 aromatic carbocycles. The summed E-state index contributed by atoms with van der Waals surface area (Å²) in [6.45, 7) is 2.89. The van der Waals surface area contributed by atoms with Crippen LogP contribution in [0.5, 0.6) is 5.75 Å². The Labute approximate surface area is 185 Å². The summed E-state index contributed by atoms with van der Waals surface area (Å²) in [5.41, 5.74) is -2.14. The number of benzene rings is 2. The van der Waals surface area contributed by atoms with Crippen LogP contribution in [0.1, 0.15) is 30.5 Å². The van der Waals surface area contributed by atoms with Crippen molar-refractivity contribution in [3.8, 4) is 5.75 Å². The molecule has 170 valence electrons. The standard InChI is InChI=1S/C24H26O8/c1-23(2,30)18(26)12-16-11-14(9-10-17(16)25)13-24(22(29)31-3)19(20(27)21(28)32-24)15-7-5-4-6-8-15/h4-11,18,25-27,30H,12-13H2,1-3H3/t18-,24-/m1/s1. The number of cyclic esters (lactones) is 1. The van der Waals surface area contributed by atoms with Gasteiger partial charge < -0.3 is 29.9 Å². The minimum absolute atomic E-state index is 0.0129. The van der Waals surface area contributed by atoms with Gasteiger partial charge in [0, 0.05) is 12.8 Å². The zero-order valence-corrected chi connectivity index (χ0v) is 18.0. The summed E-state index contributed by atoms with van der Waals surface area (Å²) in [6.07, 6.45) is -1.40. The largest absolute Gasteiger partial charge is 0.508 e. The predicted molar refractivity (Wildman–Crippen MR) is 115 cm³/mol. The van der Waals surface area contributed by atoms with Crippen LogP contribution < -0.4 is 0 Å². The van der Waals surface area contributed by atoms with Crippen LogP contribution in [-0.4, -0.2) is 56.8 Å². The summed E-state index contributed by atoms with van der Waals surface area (Å²) in [6, 6.07) is 12.9. The van der Waals surface area contributed by atoms with Crippen molar-refractivity contribution >= 4 is 17.5 Å². The Hall–Kier alpha value is -3.36. The quantitative estimate of drug-likeness (QED) is 0.479. The van der Waals surface area contributed by atoms with E-state index in [1.807, 2.05) is 0 Å². The molecule has 8 nitrogen and oxygen atoms in total. The molecule has 0 saturated carbocycles. The zero-order chi connectivity index (χ0) is 23.7. The lowest BCUT2D eigenvalue weighted by Crippen LogP contribution is -2.44. The van der Waals surface area contributed by atoms with Crippen molar-refractivity contribution in [2.45, 2.75) is 44.0 Å². The van der Waals surface area contributed by atoms with E-state index < -0.39 is 35.0 Å². The molecule has 3 rings (SSSR count). The van der Waals surface area contributed by atoms with E-state index in [2.05, 4.69) is 0 Å². The molecule has 0 aromatic heterocycles. The Morgan fingerprint density at radius 3 is 2.41 bits per heavy atom. The fraction of sp³-hybridized carbons (Fsp3) is 0.333. The smallest absolute Gasteiger partial charge is 0.375 e. The molecule has 4 N–H and O–H groups in total. The first-order valence-electron chi connectivity index (χ1n) is 10.0. The molecule has 8 heteroatoms. The number of ether oxygens (including phenoxy) is 2. The third-order valence-electron chi connectivity index (χ3n) is 5.50. The summed E-state index contributed by atoms with van der Waals surface area (Å²) < 4.78 is 10.3. The van der Waals surface area contributed by atoms with Gasteiger partial charge in [0.2, 0.25) is 11.4 Å². The minimum atomic E-state index is -1.94. The molecule has 0 saturated heterocycles.